The van der Waals surface area contributed by atoms with E-state index < -0.39 is 0 Å². The van der Waals surface area contributed by atoms with Gasteiger partial charge in [0.15, 0.2) is 5.11 Å². The van der Waals surface area contributed by atoms with Crippen LogP contribution in [0.2, 0.25) is 0 Å². The fourth-order valence-corrected chi connectivity index (χ4v) is 3.58. The third-order valence-electron chi connectivity index (χ3n) is 5.01. The van der Waals surface area contributed by atoms with E-state index in [9.17, 15) is 8.78 Å². The van der Waals surface area contributed by atoms with Crippen LogP contribution in [-0.2, 0) is 13.1 Å². The Hall–Kier alpha value is -3.59. The first-order chi connectivity index (χ1) is 15.4. The molecule has 2 N–H and O–H groups in total. The van der Waals surface area contributed by atoms with Gasteiger partial charge in [-0.1, -0.05) is 24.3 Å². The lowest BCUT2D eigenvalue weighted by atomic mass is 10.2. The fourth-order valence-electron chi connectivity index (χ4n) is 3.36. The van der Waals surface area contributed by atoms with Crippen molar-refractivity contribution in [3.05, 3.63) is 95.1 Å². The number of nitrogens with zero attached hydrogens (tertiary/aromatic N) is 4. The highest BCUT2D eigenvalue weighted by Crippen LogP contribution is 2.21. The summed E-state index contributed by atoms with van der Waals surface area (Å²) in [6.07, 6.45) is 3.50. The fraction of sp³-hybridized carbons (Fsp3) is 0.174. The van der Waals surface area contributed by atoms with Gasteiger partial charge in [0.1, 0.15) is 11.6 Å². The quantitative estimate of drug-likeness (QED) is 0.409. The van der Waals surface area contributed by atoms with Gasteiger partial charge in [-0.2, -0.15) is 10.2 Å². The number of nitrogens with one attached hydrogen (secondary N) is 2. The summed E-state index contributed by atoms with van der Waals surface area (Å²) in [7, 11) is 0. The van der Waals surface area contributed by atoms with Gasteiger partial charge in [-0.25, -0.2) is 8.78 Å². The molecule has 0 aliphatic heterocycles. The van der Waals surface area contributed by atoms with E-state index in [0.717, 1.165) is 33.9 Å². The van der Waals surface area contributed by atoms with Gasteiger partial charge in [0.2, 0.25) is 0 Å². The topological polar surface area (TPSA) is 59.7 Å². The summed E-state index contributed by atoms with van der Waals surface area (Å²) < 4.78 is 29.8. The van der Waals surface area contributed by atoms with Gasteiger partial charge in [0.25, 0.3) is 0 Å². The molecule has 0 spiro atoms. The Morgan fingerprint density at radius 2 is 1.50 bits per heavy atom. The number of rotatable bonds is 6. The van der Waals surface area contributed by atoms with Crippen molar-refractivity contribution >= 4 is 28.7 Å². The molecule has 2 aromatic carbocycles. The molecule has 0 saturated heterocycles. The van der Waals surface area contributed by atoms with Crippen LogP contribution in [0.3, 0.4) is 0 Å². The monoisotopic (exact) mass is 452 g/mol. The summed E-state index contributed by atoms with van der Waals surface area (Å²) in [5.74, 6) is -0.526. The normalized spacial score (nSPS) is 10.9. The zero-order valence-corrected chi connectivity index (χ0v) is 18.5. The van der Waals surface area contributed by atoms with Crippen LogP contribution in [-0.4, -0.2) is 24.7 Å². The average Bonchev–Trinajstić information content (AvgIpc) is 3.30. The van der Waals surface area contributed by atoms with Gasteiger partial charge in [-0.3, -0.25) is 9.36 Å². The zero-order chi connectivity index (χ0) is 22.7. The zero-order valence-electron chi connectivity index (χ0n) is 17.6. The molecule has 4 rings (SSSR count). The molecule has 0 radical (unpaired) electrons. The number of halogens is 2. The van der Waals surface area contributed by atoms with Gasteiger partial charge in [-0.05, 0) is 61.5 Å². The summed E-state index contributed by atoms with van der Waals surface area (Å²) in [6.45, 7) is 4.91. The third-order valence-corrected chi connectivity index (χ3v) is 5.22. The van der Waals surface area contributed by atoms with Crippen LogP contribution in [0.5, 0.6) is 0 Å². The highest BCUT2D eigenvalue weighted by atomic mass is 32.1. The second-order valence-electron chi connectivity index (χ2n) is 7.46. The minimum Gasteiger partial charge on any atom is -0.330 e. The predicted octanol–water partition coefficient (Wildman–Crippen LogP) is 4.88. The van der Waals surface area contributed by atoms with E-state index in [1.54, 1.807) is 35.1 Å². The number of thiocarbonyl (C=S) groups is 1. The molecule has 9 heteroatoms. The van der Waals surface area contributed by atoms with Gasteiger partial charge in [-0.15, -0.1) is 0 Å². The Morgan fingerprint density at radius 3 is 2.12 bits per heavy atom. The predicted molar refractivity (Wildman–Crippen MR) is 125 cm³/mol. The smallest absolute Gasteiger partial charge is 0.175 e. The molecule has 2 aromatic heterocycles. The van der Waals surface area contributed by atoms with Crippen molar-refractivity contribution in [1.82, 2.24) is 19.6 Å². The Bertz CT molecular complexity index is 1230. The molecule has 0 bridgehead atoms. The SMILES string of the molecule is Cc1nn(Cc2ccc(F)cc2)c(C)c1NC(=S)Nc1cnn(Cc2ccc(F)cc2)c1. The number of aromatic nitrogens is 4. The van der Waals surface area contributed by atoms with Gasteiger partial charge < -0.3 is 10.6 Å². The van der Waals surface area contributed by atoms with Crippen LogP contribution in [0.4, 0.5) is 20.2 Å². The Balaban J connectivity index is 1.39. The number of anilines is 2. The summed E-state index contributed by atoms with van der Waals surface area (Å²) in [6, 6.07) is 12.7. The summed E-state index contributed by atoms with van der Waals surface area (Å²) in [4.78, 5) is 0. The Labute approximate surface area is 189 Å². The van der Waals surface area contributed by atoms with E-state index in [4.69, 9.17) is 12.2 Å². The molecule has 32 heavy (non-hydrogen) atoms. The van der Waals surface area contributed by atoms with E-state index in [2.05, 4.69) is 20.8 Å². The molecule has 4 aromatic rings. The largest absolute Gasteiger partial charge is 0.330 e. The summed E-state index contributed by atoms with van der Waals surface area (Å²) in [5, 5.41) is 15.6. The van der Waals surface area contributed by atoms with Crippen molar-refractivity contribution in [2.24, 2.45) is 0 Å². The number of hydrogen-bond acceptors (Lipinski definition) is 3. The molecular weight excluding hydrogens is 430 g/mol. The first-order valence-electron chi connectivity index (χ1n) is 10.0. The van der Waals surface area contributed by atoms with Crippen LogP contribution >= 0.6 is 12.2 Å². The first-order valence-corrected chi connectivity index (χ1v) is 10.4. The van der Waals surface area contributed by atoms with Crippen molar-refractivity contribution in [2.75, 3.05) is 10.6 Å². The highest BCUT2D eigenvalue weighted by Gasteiger charge is 2.13. The van der Waals surface area contributed by atoms with Crippen molar-refractivity contribution < 1.29 is 8.78 Å². The first kappa shape index (κ1) is 21.6. The molecule has 2 heterocycles. The molecule has 0 amide bonds. The highest BCUT2D eigenvalue weighted by molar-refractivity contribution is 7.80. The van der Waals surface area contributed by atoms with Crippen LogP contribution in [0.1, 0.15) is 22.5 Å². The van der Waals surface area contributed by atoms with Crippen molar-refractivity contribution in [1.29, 1.82) is 0 Å². The van der Waals surface area contributed by atoms with Crippen LogP contribution in [0.15, 0.2) is 60.9 Å². The Kier molecular flexibility index (Phi) is 6.27. The second kappa shape index (κ2) is 9.27. The van der Waals surface area contributed by atoms with E-state index in [1.165, 1.54) is 24.3 Å². The van der Waals surface area contributed by atoms with E-state index in [-0.39, 0.29) is 11.6 Å². The van der Waals surface area contributed by atoms with Crippen LogP contribution in [0.25, 0.3) is 0 Å². The van der Waals surface area contributed by atoms with Crippen molar-refractivity contribution in [3.8, 4) is 0 Å². The maximum absolute atomic E-state index is 13.1. The van der Waals surface area contributed by atoms with Gasteiger partial charge in [0, 0.05) is 6.20 Å². The van der Waals surface area contributed by atoms with E-state index in [0.29, 0.717) is 18.2 Å². The molecule has 164 valence electrons. The molecular formula is C23H22F2N6S. The molecule has 0 saturated carbocycles. The minimum atomic E-state index is -0.264. The number of hydrogen-bond donors (Lipinski definition) is 2. The van der Waals surface area contributed by atoms with Gasteiger partial charge in [0.05, 0.1) is 42.0 Å². The second-order valence-corrected chi connectivity index (χ2v) is 7.87. The molecule has 0 aliphatic rings. The third kappa shape index (κ3) is 5.17. The molecule has 0 fully saturated rings. The van der Waals surface area contributed by atoms with Gasteiger partial charge >= 0.3 is 0 Å². The maximum atomic E-state index is 13.1. The number of aryl methyl sites for hydroxylation is 1. The number of benzene rings is 2. The average molecular weight is 453 g/mol. The lowest BCUT2D eigenvalue weighted by molar-refractivity contribution is 0.622. The summed E-state index contributed by atoms with van der Waals surface area (Å²) in [5.41, 5.74) is 5.19. The van der Waals surface area contributed by atoms with E-state index in [1.807, 2.05) is 24.7 Å². The molecule has 0 unspecified atom stereocenters. The standard InChI is InChI=1S/C23H22F2N6S/c1-15-22(16(2)31(29-15)13-18-5-9-20(25)10-6-18)28-23(32)27-21-11-26-30(14-21)12-17-3-7-19(24)8-4-17/h3-11,14H,12-13H2,1-2H3,(H2,27,28,32). The summed E-state index contributed by atoms with van der Waals surface area (Å²) >= 11 is 5.46. The van der Waals surface area contributed by atoms with E-state index >= 15 is 0 Å². The maximum Gasteiger partial charge on any atom is 0.175 e. The lowest BCUT2D eigenvalue weighted by Gasteiger charge is -2.10. The van der Waals surface area contributed by atoms with Crippen molar-refractivity contribution in [2.45, 2.75) is 26.9 Å². The van der Waals surface area contributed by atoms with Crippen molar-refractivity contribution in [3.63, 3.8) is 0 Å². The lowest BCUT2D eigenvalue weighted by Crippen LogP contribution is -2.19. The molecule has 0 aliphatic carbocycles. The minimum absolute atomic E-state index is 0.262. The molecule has 6 nitrogen and oxygen atoms in total. The van der Waals surface area contributed by atoms with Crippen LogP contribution < -0.4 is 10.6 Å². The van der Waals surface area contributed by atoms with Crippen LogP contribution in [0, 0.1) is 25.5 Å². The molecule has 0 atom stereocenters. The Morgan fingerprint density at radius 1 is 0.906 bits per heavy atom.